The SMILES string of the molecule is Cc1ccsc1[C@@H]1S[C@H](C)C(=O)N1CCN(C)C(=O)c1ccc(F)cc1. The van der Waals surface area contributed by atoms with Crippen LogP contribution in [0.3, 0.4) is 0 Å². The molecule has 1 saturated heterocycles. The zero-order valence-corrected chi connectivity index (χ0v) is 16.6. The molecule has 0 unspecified atom stereocenters. The van der Waals surface area contributed by atoms with Gasteiger partial charge in [0.2, 0.25) is 5.91 Å². The van der Waals surface area contributed by atoms with Gasteiger partial charge in [0.15, 0.2) is 0 Å². The quantitative estimate of drug-likeness (QED) is 0.774. The summed E-state index contributed by atoms with van der Waals surface area (Å²) in [6.45, 7) is 4.89. The maximum absolute atomic E-state index is 13.0. The predicted molar refractivity (Wildman–Crippen MR) is 104 cm³/mol. The molecule has 0 spiro atoms. The van der Waals surface area contributed by atoms with Crippen LogP contribution in [0.25, 0.3) is 0 Å². The molecule has 0 saturated carbocycles. The average molecular weight is 393 g/mol. The van der Waals surface area contributed by atoms with E-state index in [0.717, 1.165) is 0 Å². The lowest BCUT2D eigenvalue weighted by Gasteiger charge is -2.26. The Hall–Kier alpha value is -1.86. The summed E-state index contributed by atoms with van der Waals surface area (Å²) >= 11 is 3.32. The Morgan fingerprint density at radius 1 is 1.27 bits per heavy atom. The third-order valence-corrected chi connectivity index (χ3v) is 7.07. The molecular formula is C19H21FN2O2S2. The van der Waals surface area contributed by atoms with Gasteiger partial charge in [-0.3, -0.25) is 9.59 Å². The van der Waals surface area contributed by atoms with Crippen LogP contribution >= 0.6 is 23.1 Å². The molecule has 4 nitrogen and oxygen atoms in total. The molecule has 1 aliphatic heterocycles. The van der Waals surface area contributed by atoms with Crippen molar-refractivity contribution in [1.29, 1.82) is 0 Å². The first-order valence-electron chi connectivity index (χ1n) is 8.39. The Labute approximate surface area is 161 Å². The first kappa shape index (κ1) is 18.9. The van der Waals surface area contributed by atoms with E-state index < -0.39 is 0 Å². The van der Waals surface area contributed by atoms with E-state index in [1.165, 1.54) is 34.7 Å². The Morgan fingerprint density at radius 3 is 2.58 bits per heavy atom. The van der Waals surface area contributed by atoms with Crippen LogP contribution in [0.4, 0.5) is 4.39 Å². The number of nitrogens with zero attached hydrogens (tertiary/aromatic N) is 2. The molecule has 0 aliphatic carbocycles. The van der Waals surface area contributed by atoms with Gasteiger partial charge in [-0.05, 0) is 55.1 Å². The first-order chi connectivity index (χ1) is 12.4. The van der Waals surface area contributed by atoms with Gasteiger partial charge in [-0.2, -0.15) is 0 Å². The maximum Gasteiger partial charge on any atom is 0.253 e. The Bertz CT molecular complexity index is 806. The van der Waals surface area contributed by atoms with Gasteiger partial charge in [0, 0.05) is 30.6 Å². The number of halogens is 1. The third kappa shape index (κ3) is 3.78. The standard InChI is InChI=1S/C19H21FN2O2S2/c1-12-8-11-25-16(12)19-22(17(23)13(2)26-19)10-9-21(3)18(24)14-4-6-15(20)7-5-14/h4-8,11,13,19H,9-10H2,1-3H3/t13-,19+/m1/s1. The maximum atomic E-state index is 13.0. The summed E-state index contributed by atoms with van der Waals surface area (Å²) < 4.78 is 13.0. The van der Waals surface area contributed by atoms with Crippen LogP contribution in [0, 0.1) is 12.7 Å². The van der Waals surface area contributed by atoms with Gasteiger partial charge in [0.25, 0.3) is 5.91 Å². The van der Waals surface area contributed by atoms with Crippen molar-refractivity contribution in [3.63, 3.8) is 0 Å². The fraction of sp³-hybridized carbons (Fsp3) is 0.368. The number of thiophene rings is 1. The van der Waals surface area contributed by atoms with E-state index in [-0.39, 0.29) is 28.3 Å². The summed E-state index contributed by atoms with van der Waals surface area (Å²) in [7, 11) is 1.70. The molecule has 1 aromatic heterocycles. The van der Waals surface area contributed by atoms with E-state index in [4.69, 9.17) is 0 Å². The zero-order valence-electron chi connectivity index (χ0n) is 14.9. The number of likely N-dealkylation sites (N-methyl/N-ethyl adjacent to an activating group) is 1. The van der Waals surface area contributed by atoms with Gasteiger partial charge in [-0.1, -0.05) is 0 Å². The largest absolute Gasteiger partial charge is 0.340 e. The topological polar surface area (TPSA) is 40.6 Å². The number of hydrogen-bond donors (Lipinski definition) is 0. The number of rotatable bonds is 5. The molecule has 0 N–H and O–H groups in total. The second kappa shape index (κ2) is 7.80. The van der Waals surface area contributed by atoms with Crippen LogP contribution in [-0.4, -0.2) is 47.0 Å². The highest BCUT2D eigenvalue weighted by Crippen LogP contribution is 2.45. The van der Waals surface area contributed by atoms with Gasteiger partial charge >= 0.3 is 0 Å². The molecule has 1 fully saturated rings. The Balaban J connectivity index is 1.68. The second-order valence-corrected chi connectivity index (χ2v) is 8.74. The number of hydrogen-bond acceptors (Lipinski definition) is 4. The van der Waals surface area contributed by atoms with E-state index >= 15 is 0 Å². The monoisotopic (exact) mass is 392 g/mol. The fourth-order valence-corrected chi connectivity index (χ4v) is 5.47. The van der Waals surface area contributed by atoms with E-state index in [0.29, 0.717) is 18.7 Å². The van der Waals surface area contributed by atoms with Crippen molar-refractivity contribution in [2.75, 3.05) is 20.1 Å². The Morgan fingerprint density at radius 2 is 1.96 bits per heavy atom. The van der Waals surface area contributed by atoms with Crippen molar-refractivity contribution < 1.29 is 14.0 Å². The molecule has 3 rings (SSSR count). The number of amides is 2. The van der Waals surface area contributed by atoms with E-state index in [2.05, 4.69) is 13.0 Å². The number of aryl methyl sites for hydroxylation is 1. The van der Waals surface area contributed by atoms with Crippen LogP contribution in [0.15, 0.2) is 35.7 Å². The summed E-state index contributed by atoms with van der Waals surface area (Å²) in [5.41, 5.74) is 1.63. The second-order valence-electron chi connectivity index (χ2n) is 6.36. The highest BCUT2D eigenvalue weighted by molar-refractivity contribution is 8.01. The van der Waals surface area contributed by atoms with Crippen molar-refractivity contribution in [2.45, 2.75) is 24.5 Å². The Kier molecular flexibility index (Phi) is 5.67. The van der Waals surface area contributed by atoms with Crippen molar-refractivity contribution in [3.8, 4) is 0 Å². The van der Waals surface area contributed by atoms with Crippen molar-refractivity contribution in [2.24, 2.45) is 0 Å². The van der Waals surface area contributed by atoms with Crippen molar-refractivity contribution >= 4 is 34.9 Å². The fourth-order valence-electron chi connectivity index (χ4n) is 2.91. The lowest BCUT2D eigenvalue weighted by atomic mass is 10.2. The predicted octanol–water partition coefficient (Wildman–Crippen LogP) is 3.93. The molecule has 138 valence electrons. The van der Waals surface area contributed by atoms with Crippen molar-refractivity contribution in [1.82, 2.24) is 9.80 Å². The molecule has 2 heterocycles. The van der Waals surface area contributed by atoms with Crippen LogP contribution in [0.5, 0.6) is 0 Å². The van der Waals surface area contributed by atoms with Gasteiger partial charge < -0.3 is 9.80 Å². The molecule has 1 aromatic carbocycles. The van der Waals surface area contributed by atoms with E-state index in [1.807, 2.05) is 17.2 Å². The summed E-state index contributed by atoms with van der Waals surface area (Å²) in [6, 6.07) is 7.57. The van der Waals surface area contributed by atoms with Crippen LogP contribution in [0.2, 0.25) is 0 Å². The highest BCUT2D eigenvalue weighted by Gasteiger charge is 2.39. The molecule has 7 heteroatoms. The van der Waals surface area contributed by atoms with E-state index in [9.17, 15) is 14.0 Å². The minimum Gasteiger partial charge on any atom is -0.340 e. The molecule has 0 radical (unpaired) electrons. The van der Waals surface area contributed by atoms with Gasteiger partial charge in [-0.15, -0.1) is 23.1 Å². The lowest BCUT2D eigenvalue weighted by molar-refractivity contribution is -0.129. The number of carbonyl (C=O) groups is 2. The minimum absolute atomic E-state index is 0.00632. The molecular weight excluding hydrogens is 371 g/mol. The summed E-state index contributed by atoms with van der Waals surface area (Å²) in [5, 5.41) is 1.97. The highest BCUT2D eigenvalue weighted by atomic mass is 32.2. The minimum atomic E-state index is -0.368. The molecule has 1 aliphatic rings. The van der Waals surface area contributed by atoms with Gasteiger partial charge in [0.05, 0.1) is 5.25 Å². The normalized spacial score (nSPS) is 19.8. The number of thioether (sulfide) groups is 1. The first-order valence-corrected chi connectivity index (χ1v) is 10.2. The van der Waals surface area contributed by atoms with Crippen LogP contribution < -0.4 is 0 Å². The average Bonchev–Trinajstić information content (AvgIpc) is 3.16. The van der Waals surface area contributed by atoms with Crippen molar-refractivity contribution in [3.05, 3.63) is 57.5 Å². The summed E-state index contributed by atoms with van der Waals surface area (Å²) in [6.07, 6.45) is 0. The smallest absolute Gasteiger partial charge is 0.253 e. The van der Waals surface area contributed by atoms with Crippen LogP contribution in [-0.2, 0) is 4.79 Å². The molecule has 26 heavy (non-hydrogen) atoms. The lowest BCUT2D eigenvalue weighted by Crippen LogP contribution is -2.39. The summed E-state index contributed by atoms with van der Waals surface area (Å²) in [5.74, 6) is -0.441. The molecule has 2 atom stereocenters. The van der Waals surface area contributed by atoms with Crippen LogP contribution in [0.1, 0.15) is 33.1 Å². The van der Waals surface area contributed by atoms with E-state index in [1.54, 1.807) is 35.0 Å². The van der Waals surface area contributed by atoms with Gasteiger partial charge in [-0.25, -0.2) is 4.39 Å². The molecule has 2 amide bonds. The third-order valence-electron chi connectivity index (χ3n) is 4.49. The number of benzene rings is 1. The number of carbonyl (C=O) groups excluding carboxylic acids is 2. The summed E-state index contributed by atoms with van der Waals surface area (Å²) in [4.78, 5) is 29.7. The zero-order chi connectivity index (χ0) is 18.8. The molecule has 0 bridgehead atoms. The molecule has 2 aromatic rings. The van der Waals surface area contributed by atoms with Gasteiger partial charge in [0.1, 0.15) is 11.2 Å².